The first-order valence-corrected chi connectivity index (χ1v) is 24.3. The molecule has 0 radical (unpaired) electrons. The molecule has 13 rings (SSSR count). The summed E-state index contributed by atoms with van der Waals surface area (Å²) in [7, 11) is -3.22. The highest BCUT2D eigenvalue weighted by molar-refractivity contribution is 7.25. The Morgan fingerprint density at radius 3 is 1.51 bits per heavy atom. The second-order valence-electron chi connectivity index (χ2n) is 15.7. The Balaban J connectivity index is 1.15. The fourth-order valence-corrected chi connectivity index (χ4v) is 14.7. The molecule has 10 aromatic carbocycles. The Bertz CT molecular complexity index is 5210. The standard InChI is InChI=1S/C63H42N4SSi/c1-4-21-47(22-5-1)69(48-23-6-2-7-24-48,49-25-8-3-9-26-49)50-38-35-43(36-39-50)61-64-62(45-19-18-20-46(41-45)67-57-32-15-12-28-52(57)53-29-13-16-33-58(53)67)66-63(65-61)56-31-11-10-27-51(56)44-37-40-55-54-30-14-17-34-59(54)68-60(55)42-44/h1-42H/i10D,11D,12D,13D,14D,15D,16D,17D,18D,19D,20D,27D,28D,29D,30D,31D,32D,33D,34D,37D,40D,41D,42D. The van der Waals surface area contributed by atoms with Gasteiger partial charge in [0.05, 0.1) is 42.6 Å². The monoisotopic (exact) mass is 937 g/mol. The van der Waals surface area contributed by atoms with E-state index in [9.17, 15) is 15.1 Å². The van der Waals surface area contributed by atoms with Gasteiger partial charge in [0.25, 0.3) is 0 Å². The predicted octanol–water partition coefficient (Wildman–Crippen LogP) is 13.4. The quantitative estimate of drug-likeness (QED) is 0.107. The van der Waals surface area contributed by atoms with Crippen molar-refractivity contribution >= 4 is 82.1 Å². The van der Waals surface area contributed by atoms with Gasteiger partial charge in [-0.25, -0.2) is 15.0 Å². The molecule has 4 nitrogen and oxygen atoms in total. The second kappa shape index (κ2) is 17.0. The third kappa shape index (κ3) is 6.91. The molecule has 3 aromatic heterocycles. The summed E-state index contributed by atoms with van der Waals surface area (Å²) in [6.45, 7) is 0. The topological polar surface area (TPSA) is 43.6 Å². The normalized spacial score (nSPS) is 16.4. The van der Waals surface area contributed by atoms with Crippen LogP contribution in [-0.2, 0) is 0 Å². The van der Waals surface area contributed by atoms with Crippen LogP contribution in [0.1, 0.15) is 31.5 Å². The molecule has 69 heavy (non-hydrogen) atoms. The highest BCUT2D eigenvalue weighted by atomic mass is 32.1. The molecule has 3 heterocycles. The lowest BCUT2D eigenvalue weighted by molar-refractivity contribution is 1.07. The zero-order chi connectivity index (χ0) is 65.7. The maximum atomic E-state index is 10.1. The summed E-state index contributed by atoms with van der Waals surface area (Å²) >= 11 is 0.721. The van der Waals surface area contributed by atoms with E-state index in [0.717, 1.165) is 36.7 Å². The van der Waals surface area contributed by atoms with Crippen LogP contribution in [0, 0.1) is 0 Å². The van der Waals surface area contributed by atoms with Crippen molar-refractivity contribution in [1.29, 1.82) is 0 Å². The number of thiophene rings is 1. The van der Waals surface area contributed by atoms with Crippen LogP contribution in [0.2, 0.25) is 0 Å². The van der Waals surface area contributed by atoms with Crippen LogP contribution in [0.25, 0.3) is 93.0 Å². The van der Waals surface area contributed by atoms with Gasteiger partial charge >= 0.3 is 0 Å². The van der Waals surface area contributed by atoms with Crippen LogP contribution in [0.5, 0.6) is 0 Å². The molecule has 0 saturated heterocycles. The summed E-state index contributed by atoms with van der Waals surface area (Å²) in [5, 5.41) is 2.82. The smallest absolute Gasteiger partial charge is 0.179 e. The van der Waals surface area contributed by atoms with E-state index in [1.165, 1.54) is 0 Å². The predicted molar refractivity (Wildman–Crippen MR) is 292 cm³/mol. The Hall–Kier alpha value is -8.55. The third-order valence-electron chi connectivity index (χ3n) is 12.0. The van der Waals surface area contributed by atoms with Gasteiger partial charge in [-0.05, 0) is 68.1 Å². The van der Waals surface area contributed by atoms with E-state index >= 15 is 0 Å². The molecule has 13 aromatic rings. The lowest BCUT2D eigenvalue weighted by Crippen LogP contribution is -2.74. The van der Waals surface area contributed by atoms with E-state index in [2.05, 4.69) is 36.4 Å². The molecule has 0 aliphatic rings. The van der Waals surface area contributed by atoms with Crippen molar-refractivity contribution in [2.24, 2.45) is 0 Å². The highest BCUT2D eigenvalue weighted by Crippen LogP contribution is 2.39. The Morgan fingerprint density at radius 2 is 0.870 bits per heavy atom. The van der Waals surface area contributed by atoms with Gasteiger partial charge in [0.1, 0.15) is 0 Å². The van der Waals surface area contributed by atoms with Gasteiger partial charge in [0, 0.05) is 53.3 Å². The number of nitrogens with zero attached hydrogens (tertiary/aromatic N) is 4. The van der Waals surface area contributed by atoms with Gasteiger partial charge in [0.15, 0.2) is 25.5 Å². The van der Waals surface area contributed by atoms with Gasteiger partial charge in [-0.2, -0.15) is 0 Å². The molecule has 0 amide bonds. The molecule has 0 atom stereocenters. The lowest BCUT2D eigenvalue weighted by Gasteiger charge is -2.34. The van der Waals surface area contributed by atoms with Crippen molar-refractivity contribution in [1.82, 2.24) is 19.5 Å². The van der Waals surface area contributed by atoms with Crippen molar-refractivity contribution < 1.29 is 31.5 Å². The van der Waals surface area contributed by atoms with Crippen LogP contribution in [0.15, 0.2) is 254 Å². The van der Waals surface area contributed by atoms with E-state index in [1.807, 2.05) is 66.7 Å². The second-order valence-corrected chi connectivity index (χ2v) is 20.6. The number of rotatable bonds is 9. The summed E-state index contributed by atoms with van der Waals surface area (Å²) in [5.74, 6) is -1.59. The molecule has 0 aliphatic heterocycles. The summed E-state index contributed by atoms with van der Waals surface area (Å²) in [5.41, 5.74) is -3.94. The lowest BCUT2D eigenvalue weighted by atomic mass is 9.98. The van der Waals surface area contributed by atoms with Gasteiger partial charge in [-0.15, -0.1) is 11.3 Å². The van der Waals surface area contributed by atoms with Crippen LogP contribution in [-0.4, -0.2) is 27.6 Å². The first-order chi connectivity index (χ1) is 43.8. The molecule has 0 unspecified atom stereocenters. The number of fused-ring (bicyclic) bond motifs is 6. The van der Waals surface area contributed by atoms with Crippen LogP contribution < -0.4 is 20.7 Å². The van der Waals surface area contributed by atoms with Crippen molar-refractivity contribution in [3.05, 3.63) is 254 Å². The molecule has 0 bridgehead atoms. The van der Waals surface area contributed by atoms with Gasteiger partial charge in [0.2, 0.25) is 0 Å². The summed E-state index contributed by atoms with van der Waals surface area (Å²) in [6, 6.07) is 19.6. The van der Waals surface area contributed by atoms with Gasteiger partial charge < -0.3 is 4.57 Å². The van der Waals surface area contributed by atoms with Crippen LogP contribution in [0.4, 0.5) is 0 Å². The van der Waals surface area contributed by atoms with E-state index in [0.29, 0.717) is 0 Å². The Kier molecular flexibility index (Phi) is 5.76. The Morgan fingerprint density at radius 1 is 0.362 bits per heavy atom. The largest absolute Gasteiger partial charge is 0.309 e. The minimum atomic E-state index is -3.22. The zero-order valence-electron chi connectivity index (χ0n) is 58.7. The molecule has 0 N–H and O–H groups in total. The molecular formula is C63H42N4SSi. The maximum Gasteiger partial charge on any atom is 0.179 e. The average Bonchev–Trinajstić information content (AvgIpc) is 1.51. The summed E-state index contributed by atoms with van der Waals surface area (Å²) < 4.78 is 211. The fourth-order valence-electron chi connectivity index (χ4n) is 8.95. The fraction of sp³-hybridized carbons (Fsp3) is 0. The van der Waals surface area contributed by atoms with E-state index in [4.69, 9.17) is 31.4 Å². The van der Waals surface area contributed by atoms with Crippen molar-refractivity contribution in [3.63, 3.8) is 0 Å². The summed E-state index contributed by atoms with van der Waals surface area (Å²) in [6.07, 6.45) is 0. The zero-order valence-corrected chi connectivity index (χ0v) is 37.5. The third-order valence-corrected chi connectivity index (χ3v) is 17.8. The first-order valence-electron chi connectivity index (χ1n) is 33.0. The minimum absolute atomic E-state index is 0.0421. The first kappa shape index (κ1) is 23.4. The SMILES string of the molecule is [2H]c1c([2H])c([2H])c(-c2c([2H])c([2H])c3c(sc4c([2H])c([2H])c([2H])c([2H])c43)c2[2H])c(-c2nc(-c3ccc([Si](c4ccccc4)(c4ccccc4)c4ccccc4)cc3)nc(-c3c([2H])c([2H])c([2H])c(-n4c5c([2H])c([2H])c([2H])c([2H])c5c5c([2H])c([2H])c([2H])c([2H])c54)c3[2H])n2)c1[2H]. The van der Waals surface area contributed by atoms with Crippen molar-refractivity contribution in [3.8, 4) is 51.0 Å². The average molecular weight is 938 g/mol. The molecule has 0 saturated carbocycles. The van der Waals surface area contributed by atoms with Crippen molar-refractivity contribution in [2.45, 2.75) is 0 Å². The molecular weight excluding hydrogens is 873 g/mol. The molecule has 0 aliphatic carbocycles. The number of benzene rings is 10. The van der Waals surface area contributed by atoms with Gasteiger partial charge in [-0.3, -0.25) is 0 Å². The number of aromatic nitrogens is 4. The van der Waals surface area contributed by atoms with E-state index < -0.39 is 208 Å². The van der Waals surface area contributed by atoms with Crippen molar-refractivity contribution in [2.75, 3.05) is 0 Å². The van der Waals surface area contributed by atoms with Crippen LogP contribution >= 0.6 is 11.3 Å². The molecule has 0 fully saturated rings. The number of hydrogen-bond donors (Lipinski definition) is 0. The van der Waals surface area contributed by atoms with E-state index in [1.54, 1.807) is 12.1 Å². The molecule has 0 spiro atoms. The minimum Gasteiger partial charge on any atom is -0.309 e. The number of hydrogen-bond acceptors (Lipinski definition) is 4. The summed E-state index contributed by atoms with van der Waals surface area (Å²) in [4.78, 5) is 14.5. The van der Waals surface area contributed by atoms with E-state index in [-0.39, 0.29) is 31.6 Å². The maximum absolute atomic E-state index is 10.1. The van der Waals surface area contributed by atoms with Crippen LogP contribution in [0.3, 0.4) is 0 Å². The Labute approximate surface area is 437 Å². The van der Waals surface area contributed by atoms with Gasteiger partial charge in [-0.1, -0.05) is 218 Å². The number of para-hydroxylation sites is 2. The molecule has 6 heteroatoms. The highest BCUT2D eigenvalue weighted by Gasteiger charge is 2.41. The molecule has 324 valence electrons.